The molecule has 0 amide bonds. The van der Waals surface area contributed by atoms with Gasteiger partial charge in [0, 0.05) is 13.2 Å². The molecule has 130 valence electrons. The molecule has 2 heterocycles. The number of nitrogens with two attached hydrogens (primary N) is 1. The molecule has 0 saturated carbocycles. The van der Waals surface area contributed by atoms with E-state index < -0.39 is 16.9 Å². The average molecular weight is 331 g/mol. The summed E-state index contributed by atoms with van der Waals surface area (Å²) < 4.78 is 10.6. The van der Waals surface area contributed by atoms with Gasteiger partial charge in [0.25, 0.3) is 0 Å². The number of rotatable bonds is 6. The van der Waals surface area contributed by atoms with Gasteiger partial charge in [-0.2, -0.15) is 0 Å². The summed E-state index contributed by atoms with van der Waals surface area (Å²) in [4.78, 5) is 12.3. The number of benzene rings is 1. The minimum absolute atomic E-state index is 0.0338. The minimum atomic E-state index is -0.956. The van der Waals surface area contributed by atoms with Crippen molar-refractivity contribution in [1.82, 2.24) is 0 Å². The first-order chi connectivity index (χ1) is 11.5. The van der Waals surface area contributed by atoms with Gasteiger partial charge in [-0.25, -0.2) is 0 Å². The van der Waals surface area contributed by atoms with Crippen molar-refractivity contribution in [1.29, 1.82) is 0 Å². The maximum absolute atomic E-state index is 12.3. The Morgan fingerprint density at radius 3 is 2.38 bits per heavy atom. The zero-order valence-electron chi connectivity index (χ0n) is 13.9. The highest BCUT2D eigenvalue weighted by Crippen LogP contribution is 2.42. The molecular formula is C19H25NO4. The Labute approximate surface area is 142 Å². The summed E-state index contributed by atoms with van der Waals surface area (Å²) >= 11 is 0. The van der Waals surface area contributed by atoms with Crippen molar-refractivity contribution in [3.05, 3.63) is 48.0 Å². The molecule has 0 radical (unpaired) electrons. The zero-order valence-corrected chi connectivity index (χ0v) is 13.9. The van der Waals surface area contributed by atoms with Gasteiger partial charge < -0.3 is 20.3 Å². The van der Waals surface area contributed by atoms with Crippen molar-refractivity contribution in [2.24, 2.45) is 11.7 Å². The van der Waals surface area contributed by atoms with Crippen LogP contribution >= 0.6 is 0 Å². The molecule has 3 N–H and O–H groups in total. The van der Waals surface area contributed by atoms with Crippen LogP contribution in [0.15, 0.2) is 36.9 Å². The Kier molecular flexibility index (Phi) is 4.76. The van der Waals surface area contributed by atoms with E-state index >= 15 is 0 Å². The first-order valence-corrected chi connectivity index (χ1v) is 8.42. The van der Waals surface area contributed by atoms with E-state index in [-0.39, 0.29) is 5.92 Å². The predicted octanol–water partition coefficient (Wildman–Crippen LogP) is 2.20. The molecular weight excluding hydrogens is 306 g/mol. The lowest BCUT2D eigenvalue weighted by Gasteiger charge is -2.40. The van der Waals surface area contributed by atoms with Crippen molar-refractivity contribution in [2.45, 2.75) is 30.2 Å². The van der Waals surface area contributed by atoms with Crippen LogP contribution in [-0.4, -0.2) is 37.5 Å². The largest absolute Gasteiger partial charge is 0.481 e. The number of hydrogen-bond acceptors (Lipinski definition) is 4. The van der Waals surface area contributed by atoms with Crippen molar-refractivity contribution in [3.63, 3.8) is 0 Å². The Bertz CT molecular complexity index is 602. The molecule has 24 heavy (non-hydrogen) atoms. The van der Waals surface area contributed by atoms with Gasteiger partial charge in [0.1, 0.15) is 0 Å². The number of carboxylic acid groups (broad SMARTS) is 1. The maximum Gasteiger partial charge on any atom is 0.314 e. The quantitative estimate of drug-likeness (QED) is 0.781. The fraction of sp³-hybridized carbons (Fsp3) is 0.526. The summed E-state index contributed by atoms with van der Waals surface area (Å²) in [5.74, 6) is -0.761. The molecule has 0 bridgehead atoms. The SMILES string of the molecule is C=CCC(C(=O)O)(c1ccc(C2(N)COC2)cc1)C1CCOCC1. The van der Waals surface area contributed by atoms with E-state index in [1.807, 2.05) is 24.3 Å². The second kappa shape index (κ2) is 6.67. The third-order valence-electron chi connectivity index (χ3n) is 5.46. The summed E-state index contributed by atoms with van der Waals surface area (Å²) in [5, 5.41) is 10.1. The summed E-state index contributed by atoms with van der Waals surface area (Å²) in [7, 11) is 0. The molecule has 3 rings (SSSR count). The fourth-order valence-electron chi connectivity index (χ4n) is 3.91. The number of carbonyl (C=O) groups is 1. The van der Waals surface area contributed by atoms with Crippen LogP contribution in [0.3, 0.4) is 0 Å². The average Bonchev–Trinajstić information content (AvgIpc) is 2.58. The maximum atomic E-state index is 12.3. The molecule has 5 nitrogen and oxygen atoms in total. The van der Waals surface area contributed by atoms with Gasteiger partial charge in [-0.1, -0.05) is 30.3 Å². The van der Waals surface area contributed by atoms with E-state index in [4.69, 9.17) is 15.2 Å². The Morgan fingerprint density at radius 1 is 1.29 bits per heavy atom. The van der Waals surface area contributed by atoms with Gasteiger partial charge in [-0.15, -0.1) is 6.58 Å². The molecule has 5 heteroatoms. The lowest BCUT2D eigenvalue weighted by Crippen LogP contribution is -2.54. The number of allylic oxidation sites excluding steroid dienone is 1. The molecule has 0 aliphatic carbocycles. The first-order valence-electron chi connectivity index (χ1n) is 8.42. The van der Waals surface area contributed by atoms with Crippen LogP contribution in [0.25, 0.3) is 0 Å². The van der Waals surface area contributed by atoms with E-state index in [2.05, 4.69) is 6.58 Å². The van der Waals surface area contributed by atoms with Crippen LogP contribution in [0.5, 0.6) is 0 Å². The molecule has 1 aromatic carbocycles. The number of aliphatic carboxylic acids is 1. The topological polar surface area (TPSA) is 81.8 Å². The molecule has 0 spiro atoms. The van der Waals surface area contributed by atoms with Crippen LogP contribution in [0.4, 0.5) is 0 Å². The second-order valence-electron chi connectivity index (χ2n) is 6.88. The van der Waals surface area contributed by atoms with E-state index in [1.54, 1.807) is 6.08 Å². The molecule has 0 aromatic heterocycles. The monoisotopic (exact) mass is 331 g/mol. The molecule has 1 atom stereocenters. The highest BCUT2D eigenvalue weighted by atomic mass is 16.5. The Morgan fingerprint density at radius 2 is 1.92 bits per heavy atom. The van der Waals surface area contributed by atoms with Gasteiger partial charge in [-0.05, 0) is 36.3 Å². The van der Waals surface area contributed by atoms with Gasteiger partial charge >= 0.3 is 5.97 Å². The van der Waals surface area contributed by atoms with Crippen molar-refractivity contribution < 1.29 is 19.4 Å². The van der Waals surface area contributed by atoms with E-state index in [0.717, 1.165) is 24.0 Å². The third kappa shape index (κ3) is 2.77. The number of ether oxygens (including phenoxy) is 2. The van der Waals surface area contributed by atoms with Crippen LogP contribution in [0, 0.1) is 5.92 Å². The first kappa shape index (κ1) is 17.1. The van der Waals surface area contributed by atoms with Crippen molar-refractivity contribution in [3.8, 4) is 0 Å². The minimum Gasteiger partial charge on any atom is -0.481 e. The van der Waals surface area contributed by atoms with Gasteiger partial charge in [0.15, 0.2) is 0 Å². The molecule has 1 unspecified atom stereocenters. The van der Waals surface area contributed by atoms with Gasteiger partial charge in [0.05, 0.1) is 24.2 Å². The summed E-state index contributed by atoms with van der Waals surface area (Å²) in [6, 6.07) is 7.71. The molecule has 1 aromatic rings. The zero-order chi connectivity index (χ0) is 17.2. The second-order valence-corrected chi connectivity index (χ2v) is 6.88. The molecule has 2 fully saturated rings. The van der Waals surface area contributed by atoms with Crippen molar-refractivity contribution >= 4 is 5.97 Å². The summed E-state index contributed by atoms with van der Waals surface area (Å²) in [5.41, 5.74) is 6.67. The van der Waals surface area contributed by atoms with Crippen LogP contribution in [-0.2, 0) is 25.2 Å². The van der Waals surface area contributed by atoms with E-state index in [9.17, 15) is 9.90 Å². The van der Waals surface area contributed by atoms with E-state index in [0.29, 0.717) is 32.8 Å². The summed E-state index contributed by atoms with van der Waals surface area (Å²) in [6.07, 6.45) is 3.61. The fourth-order valence-corrected chi connectivity index (χ4v) is 3.91. The van der Waals surface area contributed by atoms with Gasteiger partial charge in [0.2, 0.25) is 0 Å². The molecule has 2 aliphatic heterocycles. The van der Waals surface area contributed by atoms with Crippen LogP contribution < -0.4 is 5.73 Å². The lowest BCUT2D eigenvalue weighted by molar-refractivity contribution is -0.148. The molecule has 2 saturated heterocycles. The predicted molar refractivity (Wildman–Crippen MR) is 90.8 cm³/mol. The molecule has 2 aliphatic rings. The third-order valence-corrected chi connectivity index (χ3v) is 5.46. The van der Waals surface area contributed by atoms with Crippen LogP contribution in [0.2, 0.25) is 0 Å². The van der Waals surface area contributed by atoms with Crippen LogP contribution in [0.1, 0.15) is 30.4 Å². The van der Waals surface area contributed by atoms with Crippen molar-refractivity contribution in [2.75, 3.05) is 26.4 Å². The standard InChI is InChI=1S/C19H25NO4/c1-2-9-19(17(21)22,16-7-10-23-11-8-16)15-5-3-14(4-6-15)18(20)12-24-13-18/h2-6,16H,1,7-13,20H2,(H,21,22). The highest BCUT2D eigenvalue weighted by molar-refractivity contribution is 5.82. The van der Waals surface area contributed by atoms with E-state index in [1.165, 1.54) is 0 Å². The Balaban J connectivity index is 1.97. The Hall–Kier alpha value is -1.69. The van der Waals surface area contributed by atoms with Gasteiger partial charge in [-0.3, -0.25) is 4.79 Å². The number of hydrogen-bond donors (Lipinski definition) is 2. The summed E-state index contributed by atoms with van der Waals surface area (Å²) in [6.45, 7) is 6.02. The smallest absolute Gasteiger partial charge is 0.314 e. The lowest BCUT2D eigenvalue weighted by atomic mass is 9.65. The number of carboxylic acids is 1. The highest BCUT2D eigenvalue weighted by Gasteiger charge is 2.47. The normalized spacial score (nSPS) is 23.0.